The molecule has 1 amide bonds. The van der Waals surface area contributed by atoms with Gasteiger partial charge in [0, 0.05) is 29.1 Å². The van der Waals surface area contributed by atoms with E-state index in [0.29, 0.717) is 12.2 Å². The fourth-order valence-corrected chi connectivity index (χ4v) is 2.79. The van der Waals surface area contributed by atoms with Crippen molar-refractivity contribution < 1.29 is 9.53 Å². The van der Waals surface area contributed by atoms with Crippen LogP contribution in [-0.2, 0) is 17.6 Å². The lowest BCUT2D eigenvalue weighted by molar-refractivity contribution is 0.148. The van der Waals surface area contributed by atoms with E-state index in [0.717, 1.165) is 29.4 Å². The molecule has 1 unspecified atom stereocenters. The number of hydrogen-bond donors (Lipinski definition) is 2. The number of amides is 1. The van der Waals surface area contributed by atoms with Crippen molar-refractivity contribution in [3.63, 3.8) is 0 Å². The quantitative estimate of drug-likeness (QED) is 0.877. The lowest BCUT2D eigenvalue weighted by Gasteiger charge is -2.11. The molecule has 2 aromatic rings. The molecule has 1 heterocycles. The Morgan fingerprint density at radius 2 is 2.40 bits per heavy atom. The number of aromatic nitrogens is 1. The molecule has 1 aliphatic carbocycles. The second-order valence-corrected chi connectivity index (χ2v) is 4.92. The number of alkyl carbamates (subject to hydrolysis) is 1. The molecule has 2 N–H and O–H groups in total. The number of carbonyl (C=O) groups is 1. The maximum absolute atomic E-state index is 11.4. The van der Waals surface area contributed by atoms with Crippen molar-refractivity contribution in [3.8, 4) is 6.07 Å². The third kappa shape index (κ3) is 2.10. The predicted molar refractivity (Wildman–Crippen MR) is 74.4 cm³/mol. The first-order valence-corrected chi connectivity index (χ1v) is 6.68. The average Bonchev–Trinajstić information content (AvgIpc) is 2.95. The number of nitrogens with zero attached hydrogens (tertiary/aromatic N) is 1. The molecule has 1 aromatic carbocycles. The van der Waals surface area contributed by atoms with Gasteiger partial charge in [0.25, 0.3) is 0 Å². The normalized spacial score (nSPS) is 16.7. The first-order valence-electron chi connectivity index (χ1n) is 6.68. The third-order valence-electron chi connectivity index (χ3n) is 3.62. The molecule has 5 heteroatoms. The van der Waals surface area contributed by atoms with Crippen LogP contribution >= 0.6 is 0 Å². The van der Waals surface area contributed by atoms with Gasteiger partial charge in [-0.25, -0.2) is 4.79 Å². The van der Waals surface area contributed by atoms with E-state index < -0.39 is 0 Å². The van der Waals surface area contributed by atoms with E-state index in [4.69, 9.17) is 10.00 Å². The monoisotopic (exact) mass is 269 g/mol. The highest BCUT2D eigenvalue weighted by Gasteiger charge is 2.26. The Balaban J connectivity index is 1.84. The molecule has 20 heavy (non-hydrogen) atoms. The molecular formula is C15H15N3O2. The zero-order chi connectivity index (χ0) is 14.1. The van der Waals surface area contributed by atoms with Crippen molar-refractivity contribution in [1.82, 2.24) is 10.3 Å². The zero-order valence-corrected chi connectivity index (χ0v) is 11.2. The van der Waals surface area contributed by atoms with E-state index in [9.17, 15) is 4.79 Å². The van der Waals surface area contributed by atoms with Crippen LogP contribution < -0.4 is 5.32 Å². The number of nitriles is 1. The Morgan fingerprint density at radius 1 is 1.55 bits per heavy atom. The number of aromatic amines is 1. The summed E-state index contributed by atoms with van der Waals surface area (Å²) in [6.07, 6.45) is 1.16. The maximum Gasteiger partial charge on any atom is 0.407 e. The molecule has 0 saturated heterocycles. The van der Waals surface area contributed by atoms with Crippen LogP contribution in [-0.4, -0.2) is 23.7 Å². The van der Waals surface area contributed by atoms with Gasteiger partial charge in [-0.2, -0.15) is 5.26 Å². The van der Waals surface area contributed by atoms with Gasteiger partial charge in [0.15, 0.2) is 0 Å². The molecule has 5 nitrogen and oxygen atoms in total. The van der Waals surface area contributed by atoms with E-state index in [-0.39, 0.29) is 12.1 Å². The number of benzene rings is 1. The van der Waals surface area contributed by atoms with Gasteiger partial charge in [0.1, 0.15) is 0 Å². The van der Waals surface area contributed by atoms with Gasteiger partial charge in [-0.3, -0.25) is 0 Å². The molecule has 102 valence electrons. The summed E-state index contributed by atoms with van der Waals surface area (Å²) in [6.45, 7) is 2.16. The van der Waals surface area contributed by atoms with Crippen LogP contribution in [0.2, 0.25) is 0 Å². The van der Waals surface area contributed by atoms with Crippen molar-refractivity contribution in [2.24, 2.45) is 0 Å². The first-order chi connectivity index (χ1) is 9.71. The van der Waals surface area contributed by atoms with E-state index in [1.165, 1.54) is 5.56 Å². The van der Waals surface area contributed by atoms with Crippen LogP contribution in [0.15, 0.2) is 18.2 Å². The summed E-state index contributed by atoms with van der Waals surface area (Å²) in [5.74, 6) is 0. The Bertz CT molecular complexity index is 712. The van der Waals surface area contributed by atoms with E-state index >= 15 is 0 Å². The standard InChI is InChI=1S/C15H15N3O2/c1-2-20-15(19)17-10-6-12-11-5-9(8-16)3-4-13(11)18-14(12)7-10/h3-5,10,18H,2,6-7H2,1H3,(H,17,19). The van der Waals surface area contributed by atoms with Gasteiger partial charge >= 0.3 is 6.09 Å². The minimum atomic E-state index is -0.371. The first kappa shape index (κ1) is 12.5. The fraction of sp³-hybridized carbons (Fsp3) is 0.333. The minimum absolute atomic E-state index is 0.0606. The van der Waals surface area contributed by atoms with Gasteiger partial charge in [0.2, 0.25) is 0 Å². The highest BCUT2D eigenvalue weighted by molar-refractivity contribution is 5.86. The van der Waals surface area contributed by atoms with Crippen molar-refractivity contribution in [2.45, 2.75) is 25.8 Å². The van der Waals surface area contributed by atoms with Crippen LogP contribution in [0.3, 0.4) is 0 Å². The summed E-state index contributed by atoms with van der Waals surface area (Å²) in [7, 11) is 0. The second kappa shape index (κ2) is 4.89. The van der Waals surface area contributed by atoms with Crippen LogP contribution in [0.5, 0.6) is 0 Å². The van der Waals surface area contributed by atoms with Crippen LogP contribution in [0, 0.1) is 11.3 Å². The number of rotatable bonds is 2. The molecule has 0 fully saturated rings. The van der Waals surface area contributed by atoms with Gasteiger partial charge in [-0.15, -0.1) is 0 Å². The topological polar surface area (TPSA) is 77.9 Å². The number of ether oxygens (including phenoxy) is 1. The number of hydrogen-bond acceptors (Lipinski definition) is 3. The number of carbonyl (C=O) groups excluding carboxylic acids is 1. The summed E-state index contributed by atoms with van der Waals surface area (Å²) < 4.78 is 4.90. The van der Waals surface area contributed by atoms with Crippen molar-refractivity contribution in [1.29, 1.82) is 5.26 Å². The highest BCUT2D eigenvalue weighted by Crippen LogP contribution is 2.30. The molecule has 3 rings (SSSR count). The zero-order valence-electron chi connectivity index (χ0n) is 11.2. The van der Waals surface area contributed by atoms with Crippen LogP contribution in [0.1, 0.15) is 23.7 Å². The second-order valence-electron chi connectivity index (χ2n) is 4.92. The van der Waals surface area contributed by atoms with E-state index in [2.05, 4.69) is 16.4 Å². The summed E-state index contributed by atoms with van der Waals surface area (Å²) in [4.78, 5) is 14.8. The lowest BCUT2D eigenvalue weighted by Crippen LogP contribution is -2.35. The van der Waals surface area contributed by atoms with Crippen molar-refractivity contribution in [3.05, 3.63) is 35.0 Å². The summed E-state index contributed by atoms with van der Waals surface area (Å²) in [5.41, 5.74) is 4.03. The highest BCUT2D eigenvalue weighted by atomic mass is 16.5. The molecule has 0 aliphatic heterocycles. The number of nitrogens with one attached hydrogen (secondary N) is 2. The fourth-order valence-electron chi connectivity index (χ4n) is 2.79. The molecule has 0 spiro atoms. The average molecular weight is 269 g/mol. The summed E-state index contributed by atoms with van der Waals surface area (Å²) in [6, 6.07) is 7.86. The molecule has 0 radical (unpaired) electrons. The van der Waals surface area contributed by atoms with Gasteiger partial charge < -0.3 is 15.0 Å². The molecular weight excluding hydrogens is 254 g/mol. The van der Waals surface area contributed by atoms with Crippen LogP contribution in [0.25, 0.3) is 10.9 Å². The van der Waals surface area contributed by atoms with Gasteiger partial charge in [-0.05, 0) is 37.1 Å². The van der Waals surface area contributed by atoms with E-state index in [1.54, 1.807) is 6.92 Å². The predicted octanol–water partition coefficient (Wildman–Crippen LogP) is 2.25. The lowest BCUT2D eigenvalue weighted by atomic mass is 10.1. The molecule has 1 aliphatic rings. The molecule has 1 aromatic heterocycles. The van der Waals surface area contributed by atoms with Crippen LogP contribution in [0.4, 0.5) is 4.79 Å². The number of H-pyrrole nitrogens is 1. The van der Waals surface area contributed by atoms with Crippen molar-refractivity contribution in [2.75, 3.05) is 6.61 Å². The number of fused-ring (bicyclic) bond motifs is 3. The van der Waals surface area contributed by atoms with Gasteiger partial charge in [0.05, 0.1) is 18.2 Å². The third-order valence-corrected chi connectivity index (χ3v) is 3.62. The minimum Gasteiger partial charge on any atom is -0.450 e. The Labute approximate surface area is 116 Å². The maximum atomic E-state index is 11.4. The summed E-state index contributed by atoms with van der Waals surface area (Å²) >= 11 is 0. The SMILES string of the molecule is CCOC(=O)NC1Cc2[nH]c3ccc(C#N)cc3c2C1. The van der Waals surface area contributed by atoms with Gasteiger partial charge in [-0.1, -0.05) is 0 Å². The summed E-state index contributed by atoms with van der Waals surface area (Å²) in [5, 5.41) is 12.9. The Kier molecular flexibility index (Phi) is 3.07. The Morgan fingerprint density at radius 3 is 3.15 bits per heavy atom. The Hall–Kier alpha value is -2.48. The van der Waals surface area contributed by atoms with Crippen molar-refractivity contribution >= 4 is 17.0 Å². The smallest absolute Gasteiger partial charge is 0.407 e. The van der Waals surface area contributed by atoms with E-state index in [1.807, 2.05) is 18.2 Å². The molecule has 0 bridgehead atoms. The molecule has 0 saturated carbocycles. The molecule has 1 atom stereocenters. The largest absolute Gasteiger partial charge is 0.450 e.